The van der Waals surface area contributed by atoms with Gasteiger partial charge in [0, 0.05) is 25.6 Å². The fraction of sp³-hybridized carbons (Fsp3) is 0.176. The zero-order valence-corrected chi connectivity index (χ0v) is 13.7. The molecule has 0 saturated carbocycles. The van der Waals surface area contributed by atoms with Gasteiger partial charge >= 0.3 is 5.97 Å². The second kappa shape index (κ2) is 6.60. The maximum Gasteiger partial charge on any atom is 0.339 e. The summed E-state index contributed by atoms with van der Waals surface area (Å²) in [7, 11) is 1.61. The Morgan fingerprint density at radius 2 is 2.16 bits per heavy atom. The fourth-order valence-corrected chi connectivity index (χ4v) is 2.41. The minimum Gasteiger partial charge on any atom is -0.478 e. The lowest BCUT2D eigenvalue weighted by Gasteiger charge is -2.15. The summed E-state index contributed by atoms with van der Waals surface area (Å²) < 4.78 is 6.99. The highest BCUT2D eigenvalue weighted by Crippen LogP contribution is 2.17. The molecule has 0 atom stereocenters. The van der Waals surface area contributed by atoms with Gasteiger partial charge in [0.25, 0.3) is 5.91 Å². The Balaban J connectivity index is 1.72. The normalized spacial score (nSPS) is 10.6. The fourth-order valence-electron chi connectivity index (χ4n) is 2.41. The van der Waals surface area contributed by atoms with Crippen LogP contribution in [0, 0.1) is 6.92 Å². The largest absolute Gasteiger partial charge is 0.478 e. The van der Waals surface area contributed by atoms with Crippen molar-refractivity contribution in [1.29, 1.82) is 0 Å². The van der Waals surface area contributed by atoms with Crippen LogP contribution in [-0.4, -0.2) is 43.7 Å². The summed E-state index contributed by atoms with van der Waals surface area (Å²) in [5.41, 5.74) is 0.515. The van der Waals surface area contributed by atoms with E-state index in [4.69, 9.17) is 9.52 Å². The molecule has 0 spiro atoms. The Kier molecular flexibility index (Phi) is 4.34. The van der Waals surface area contributed by atoms with Gasteiger partial charge < -0.3 is 14.4 Å². The number of carbonyl (C=O) groups excluding carboxylic acids is 1. The number of aromatic nitrogens is 3. The van der Waals surface area contributed by atoms with Crippen LogP contribution in [0.5, 0.6) is 0 Å². The van der Waals surface area contributed by atoms with Gasteiger partial charge in [-0.3, -0.25) is 4.79 Å². The van der Waals surface area contributed by atoms with E-state index in [0.29, 0.717) is 22.9 Å². The molecule has 128 valence electrons. The number of aryl methyl sites for hydroxylation is 1. The molecular formula is C17H16N4O4. The molecule has 3 aromatic heterocycles. The smallest absolute Gasteiger partial charge is 0.339 e. The number of hydrogen-bond acceptors (Lipinski definition) is 5. The molecule has 1 amide bonds. The van der Waals surface area contributed by atoms with Crippen molar-refractivity contribution < 1.29 is 19.1 Å². The zero-order chi connectivity index (χ0) is 18.0. The van der Waals surface area contributed by atoms with Crippen LogP contribution in [0.15, 0.2) is 47.3 Å². The van der Waals surface area contributed by atoms with Crippen LogP contribution in [-0.2, 0) is 6.54 Å². The number of pyridine rings is 1. The van der Waals surface area contributed by atoms with Gasteiger partial charge in [-0.25, -0.2) is 14.5 Å². The van der Waals surface area contributed by atoms with Gasteiger partial charge in [-0.15, -0.1) is 0 Å². The number of aromatic carboxylic acids is 1. The lowest BCUT2D eigenvalue weighted by Crippen LogP contribution is -2.26. The van der Waals surface area contributed by atoms with Crippen molar-refractivity contribution >= 4 is 11.9 Å². The monoisotopic (exact) mass is 340 g/mol. The van der Waals surface area contributed by atoms with Crippen LogP contribution in [0.1, 0.15) is 32.2 Å². The van der Waals surface area contributed by atoms with Crippen molar-refractivity contribution in [2.45, 2.75) is 13.5 Å². The molecule has 0 saturated heterocycles. The van der Waals surface area contributed by atoms with Gasteiger partial charge in [0.05, 0.1) is 12.1 Å². The van der Waals surface area contributed by atoms with Gasteiger partial charge in [-0.2, -0.15) is 5.10 Å². The number of rotatable bonds is 5. The number of carboxylic acids is 1. The molecule has 8 nitrogen and oxygen atoms in total. The highest BCUT2D eigenvalue weighted by Gasteiger charge is 2.18. The summed E-state index contributed by atoms with van der Waals surface area (Å²) in [6, 6.07) is 6.58. The van der Waals surface area contributed by atoms with Crippen LogP contribution in [0.3, 0.4) is 0 Å². The number of nitrogens with zero attached hydrogens (tertiary/aromatic N) is 4. The number of amides is 1. The standard InChI is InChI=1S/C17H16N4O4/c1-11-14(17(23)24)8-13(25-11)10-20(2)16(22)12-4-5-15(18-9-12)21-7-3-6-19-21/h3-9H,10H2,1-2H3,(H,23,24). The second-order valence-electron chi connectivity index (χ2n) is 5.50. The topological polar surface area (TPSA) is 101 Å². The summed E-state index contributed by atoms with van der Waals surface area (Å²) in [6.07, 6.45) is 4.88. The van der Waals surface area contributed by atoms with Crippen molar-refractivity contribution in [3.63, 3.8) is 0 Å². The first-order chi connectivity index (χ1) is 12.0. The molecule has 0 fully saturated rings. The van der Waals surface area contributed by atoms with Crippen molar-refractivity contribution in [2.75, 3.05) is 7.05 Å². The zero-order valence-electron chi connectivity index (χ0n) is 13.7. The molecule has 0 radical (unpaired) electrons. The summed E-state index contributed by atoms with van der Waals surface area (Å²) in [6.45, 7) is 1.74. The van der Waals surface area contributed by atoms with Gasteiger partial charge in [0.1, 0.15) is 17.1 Å². The predicted molar refractivity (Wildman–Crippen MR) is 87.6 cm³/mol. The van der Waals surface area contributed by atoms with Crippen molar-refractivity contribution in [1.82, 2.24) is 19.7 Å². The lowest BCUT2D eigenvalue weighted by atomic mass is 10.2. The average Bonchev–Trinajstić information content (AvgIpc) is 3.24. The third kappa shape index (κ3) is 3.42. The highest BCUT2D eigenvalue weighted by molar-refractivity contribution is 5.93. The van der Waals surface area contributed by atoms with Crippen LogP contribution >= 0.6 is 0 Å². The molecule has 3 heterocycles. The average molecular weight is 340 g/mol. The Labute approximate surface area is 143 Å². The Morgan fingerprint density at radius 1 is 1.36 bits per heavy atom. The highest BCUT2D eigenvalue weighted by atomic mass is 16.4. The van der Waals surface area contributed by atoms with Crippen LogP contribution < -0.4 is 0 Å². The van der Waals surface area contributed by atoms with Gasteiger partial charge in [-0.1, -0.05) is 0 Å². The van der Waals surface area contributed by atoms with Gasteiger partial charge in [0.15, 0.2) is 5.82 Å². The molecule has 1 N–H and O–H groups in total. The minimum absolute atomic E-state index is 0.0982. The van der Waals surface area contributed by atoms with E-state index in [9.17, 15) is 9.59 Å². The van der Waals surface area contributed by atoms with E-state index in [2.05, 4.69) is 10.1 Å². The first kappa shape index (κ1) is 16.4. The van der Waals surface area contributed by atoms with E-state index in [0.717, 1.165) is 0 Å². The molecule has 3 rings (SSSR count). The molecule has 0 aliphatic carbocycles. The van der Waals surface area contributed by atoms with Crippen LogP contribution in [0.4, 0.5) is 0 Å². The molecule has 3 aromatic rings. The number of carbonyl (C=O) groups is 2. The third-order valence-corrected chi connectivity index (χ3v) is 3.67. The quantitative estimate of drug-likeness (QED) is 0.763. The first-order valence-electron chi connectivity index (χ1n) is 7.50. The van der Waals surface area contributed by atoms with Crippen molar-refractivity contribution in [2.24, 2.45) is 0 Å². The first-order valence-corrected chi connectivity index (χ1v) is 7.50. The maximum atomic E-state index is 12.5. The van der Waals surface area contributed by atoms with Crippen molar-refractivity contribution in [3.05, 3.63) is 65.5 Å². The Hall–Kier alpha value is -3.42. The van der Waals surface area contributed by atoms with Gasteiger partial charge in [0.2, 0.25) is 0 Å². The van der Waals surface area contributed by atoms with E-state index in [1.807, 2.05) is 0 Å². The van der Waals surface area contributed by atoms with Crippen LogP contribution in [0.25, 0.3) is 5.82 Å². The van der Waals surface area contributed by atoms with Gasteiger partial charge in [-0.05, 0) is 31.2 Å². The number of carboxylic acid groups (broad SMARTS) is 1. The lowest BCUT2D eigenvalue weighted by molar-refractivity contribution is 0.0694. The van der Waals surface area contributed by atoms with E-state index < -0.39 is 5.97 Å². The molecule has 0 aliphatic heterocycles. The summed E-state index contributed by atoms with van der Waals surface area (Å²) in [5, 5.41) is 13.1. The molecule has 0 aliphatic rings. The maximum absolute atomic E-state index is 12.5. The molecule has 8 heteroatoms. The summed E-state index contributed by atoms with van der Waals surface area (Å²) in [5.74, 6) is 0.0303. The SMILES string of the molecule is Cc1oc(CN(C)C(=O)c2ccc(-n3cccn3)nc2)cc1C(=O)O. The van der Waals surface area contributed by atoms with E-state index >= 15 is 0 Å². The number of hydrogen-bond donors (Lipinski definition) is 1. The molecule has 0 unspecified atom stereocenters. The van der Waals surface area contributed by atoms with E-state index in [1.54, 1.807) is 49.2 Å². The molecule has 0 aromatic carbocycles. The summed E-state index contributed by atoms with van der Waals surface area (Å²) in [4.78, 5) is 29.2. The predicted octanol–water partition coefficient (Wildman–Crippen LogP) is 2.14. The summed E-state index contributed by atoms with van der Waals surface area (Å²) >= 11 is 0. The second-order valence-corrected chi connectivity index (χ2v) is 5.50. The van der Waals surface area contributed by atoms with Crippen molar-refractivity contribution in [3.8, 4) is 5.82 Å². The van der Waals surface area contributed by atoms with E-state index in [-0.39, 0.29) is 18.0 Å². The number of furan rings is 1. The molecule has 25 heavy (non-hydrogen) atoms. The minimum atomic E-state index is -1.06. The Morgan fingerprint density at radius 3 is 2.72 bits per heavy atom. The Bertz CT molecular complexity index is 897. The van der Waals surface area contributed by atoms with Crippen LogP contribution in [0.2, 0.25) is 0 Å². The van der Waals surface area contributed by atoms with E-state index in [1.165, 1.54) is 17.2 Å². The molecule has 0 bridgehead atoms. The third-order valence-electron chi connectivity index (χ3n) is 3.67. The molecular weight excluding hydrogens is 324 g/mol.